The normalized spacial score (nSPS) is 31.0. The van der Waals surface area contributed by atoms with Crippen LogP contribution in [0.4, 0.5) is 0 Å². The average molecular weight is 274 g/mol. The van der Waals surface area contributed by atoms with Crippen molar-refractivity contribution in [3.05, 3.63) is 35.7 Å². The van der Waals surface area contributed by atoms with E-state index in [-0.39, 0.29) is 0 Å². The SMILES string of the molecule is O=C(O)[C@@H]1CC=CC2=C1N=C1C=CC[C@@H](C(=O)O)C1N2. The quantitative estimate of drug-likeness (QED) is 0.695. The molecule has 0 radical (unpaired) electrons. The minimum atomic E-state index is -0.916. The van der Waals surface area contributed by atoms with Crippen molar-refractivity contribution in [2.45, 2.75) is 18.9 Å². The van der Waals surface area contributed by atoms with E-state index in [2.05, 4.69) is 10.3 Å². The Balaban J connectivity index is 2.00. The summed E-state index contributed by atoms with van der Waals surface area (Å²) < 4.78 is 0. The second-order valence-corrected chi connectivity index (χ2v) is 5.07. The number of fused-ring (bicyclic) bond motifs is 1. The number of rotatable bonds is 2. The maximum Gasteiger partial charge on any atom is 0.312 e. The Kier molecular flexibility index (Phi) is 2.93. The van der Waals surface area contributed by atoms with Gasteiger partial charge in [-0.15, -0.1) is 0 Å². The van der Waals surface area contributed by atoms with Crippen LogP contribution in [0.5, 0.6) is 0 Å². The van der Waals surface area contributed by atoms with Gasteiger partial charge in [0.25, 0.3) is 0 Å². The largest absolute Gasteiger partial charge is 0.481 e. The van der Waals surface area contributed by atoms with Crippen LogP contribution in [0.3, 0.4) is 0 Å². The molecule has 3 aliphatic rings. The number of carbonyl (C=O) groups is 2. The first-order valence-electron chi connectivity index (χ1n) is 6.46. The van der Waals surface area contributed by atoms with Crippen LogP contribution >= 0.6 is 0 Å². The van der Waals surface area contributed by atoms with Gasteiger partial charge in [-0.2, -0.15) is 0 Å². The molecule has 0 saturated carbocycles. The number of allylic oxidation sites excluding steroid dienone is 3. The number of carboxylic acid groups (broad SMARTS) is 2. The molecule has 6 heteroatoms. The Labute approximate surface area is 115 Å². The third kappa shape index (κ3) is 1.93. The zero-order valence-corrected chi connectivity index (χ0v) is 10.6. The highest BCUT2D eigenvalue weighted by Gasteiger charge is 2.38. The molecule has 0 bridgehead atoms. The Bertz CT molecular complexity index is 600. The molecule has 20 heavy (non-hydrogen) atoms. The zero-order chi connectivity index (χ0) is 14.3. The lowest BCUT2D eigenvalue weighted by Gasteiger charge is -2.34. The summed E-state index contributed by atoms with van der Waals surface area (Å²) >= 11 is 0. The van der Waals surface area contributed by atoms with E-state index < -0.39 is 29.8 Å². The summed E-state index contributed by atoms with van der Waals surface area (Å²) in [5.41, 5.74) is 1.71. The molecular weight excluding hydrogens is 260 g/mol. The fraction of sp³-hybridized carbons (Fsp3) is 0.357. The van der Waals surface area contributed by atoms with Crippen LogP contribution in [0.25, 0.3) is 0 Å². The topological polar surface area (TPSA) is 99.0 Å². The van der Waals surface area contributed by atoms with Gasteiger partial charge in [-0.05, 0) is 25.0 Å². The van der Waals surface area contributed by atoms with Gasteiger partial charge in [0.15, 0.2) is 0 Å². The molecule has 0 aromatic carbocycles. The summed E-state index contributed by atoms with van der Waals surface area (Å²) in [4.78, 5) is 27.0. The Morgan fingerprint density at radius 1 is 1.15 bits per heavy atom. The lowest BCUT2D eigenvalue weighted by atomic mass is 9.84. The third-order valence-electron chi connectivity index (χ3n) is 3.84. The molecule has 1 unspecified atom stereocenters. The molecule has 3 atom stereocenters. The summed E-state index contributed by atoms with van der Waals surface area (Å²) in [5, 5.41) is 21.6. The van der Waals surface area contributed by atoms with Crippen molar-refractivity contribution < 1.29 is 19.8 Å². The second kappa shape index (κ2) is 4.63. The average Bonchev–Trinajstić information content (AvgIpc) is 2.43. The van der Waals surface area contributed by atoms with Gasteiger partial charge in [-0.1, -0.05) is 12.2 Å². The highest BCUT2D eigenvalue weighted by Crippen LogP contribution is 2.32. The van der Waals surface area contributed by atoms with Crippen molar-refractivity contribution in [3.8, 4) is 0 Å². The van der Waals surface area contributed by atoms with Crippen molar-refractivity contribution in [3.63, 3.8) is 0 Å². The third-order valence-corrected chi connectivity index (χ3v) is 3.84. The molecule has 0 spiro atoms. The molecular formula is C14H14N2O4. The lowest BCUT2D eigenvalue weighted by Crippen LogP contribution is -2.49. The summed E-state index contributed by atoms with van der Waals surface area (Å²) in [6.07, 6.45) is 7.96. The molecule has 3 rings (SSSR count). The van der Waals surface area contributed by atoms with Crippen LogP contribution in [0, 0.1) is 11.8 Å². The van der Waals surface area contributed by atoms with Gasteiger partial charge < -0.3 is 15.5 Å². The van der Waals surface area contributed by atoms with Gasteiger partial charge in [0.05, 0.1) is 29.1 Å². The number of hydrogen-bond acceptors (Lipinski definition) is 4. The minimum absolute atomic E-state index is 0.395. The lowest BCUT2D eigenvalue weighted by molar-refractivity contribution is -0.142. The predicted molar refractivity (Wildman–Crippen MR) is 71.2 cm³/mol. The molecule has 3 N–H and O–H groups in total. The van der Waals surface area contributed by atoms with Crippen LogP contribution in [0.15, 0.2) is 40.7 Å². The summed E-state index contributed by atoms with van der Waals surface area (Å²) in [5.74, 6) is -3.04. The van der Waals surface area contributed by atoms with E-state index in [1.54, 1.807) is 24.3 Å². The van der Waals surface area contributed by atoms with Crippen molar-refractivity contribution in [1.82, 2.24) is 5.32 Å². The van der Waals surface area contributed by atoms with E-state index in [1.807, 2.05) is 0 Å². The van der Waals surface area contributed by atoms with Gasteiger partial charge >= 0.3 is 11.9 Å². The molecule has 0 fully saturated rings. The van der Waals surface area contributed by atoms with Gasteiger partial charge in [0.1, 0.15) is 5.92 Å². The maximum atomic E-state index is 11.3. The number of aliphatic imine (C=N–C) groups is 1. The Hall–Kier alpha value is -2.37. The first kappa shape index (κ1) is 12.7. The minimum Gasteiger partial charge on any atom is -0.481 e. The number of nitrogens with zero attached hydrogens (tertiary/aromatic N) is 1. The van der Waals surface area contributed by atoms with Gasteiger partial charge in [0.2, 0.25) is 0 Å². The van der Waals surface area contributed by atoms with Crippen LogP contribution < -0.4 is 5.32 Å². The van der Waals surface area contributed by atoms with E-state index in [9.17, 15) is 19.8 Å². The highest BCUT2D eigenvalue weighted by atomic mass is 16.4. The van der Waals surface area contributed by atoms with Gasteiger partial charge in [0, 0.05) is 0 Å². The molecule has 6 nitrogen and oxygen atoms in total. The number of nitrogens with one attached hydrogen (secondary N) is 1. The van der Waals surface area contributed by atoms with Crippen LogP contribution in [-0.4, -0.2) is 33.9 Å². The Morgan fingerprint density at radius 3 is 2.60 bits per heavy atom. The predicted octanol–water partition coefficient (Wildman–Crippen LogP) is 0.932. The number of hydrogen-bond donors (Lipinski definition) is 3. The highest BCUT2D eigenvalue weighted by molar-refractivity contribution is 6.04. The fourth-order valence-electron chi connectivity index (χ4n) is 2.80. The van der Waals surface area contributed by atoms with E-state index >= 15 is 0 Å². The van der Waals surface area contributed by atoms with Gasteiger partial charge in [-0.3, -0.25) is 14.6 Å². The molecule has 0 aromatic heterocycles. The molecule has 2 aliphatic carbocycles. The monoisotopic (exact) mass is 274 g/mol. The summed E-state index contributed by atoms with van der Waals surface area (Å²) in [6.45, 7) is 0. The molecule has 104 valence electrons. The number of carboxylic acids is 2. The first-order chi connectivity index (χ1) is 9.58. The van der Waals surface area contributed by atoms with Crippen molar-refractivity contribution in [2.75, 3.05) is 0 Å². The molecule has 1 aliphatic heterocycles. The number of aliphatic carboxylic acids is 2. The standard InChI is InChI=1S/C14H14N2O4/c17-13(18)7-3-1-5-9-11(7)16-10-6-2-4-8(14(19)20)12(10)15-9/h1-2,5-8,11,16H,3-4H2,(H,17,18)(H,19,20)/t7-,8-,11?/m1/s1. The molecule has 1 heterocycles. The molecule has 0 aromatic rings. The zero-order valence-electron chi connectivity index (χ0n) is 10.6. The molecule has 0 amide bonds. The van der Waals surface area contributed by atoms with Crippen LogP contribution in [0.1, 0.15) is 12.8 Å². The van der Waals surface area contributed by atoms with E-state index in [0.717, 1.165) is 0 Å². The van der Waals surface area contributed by atoms with Crippen LogP contribution in [-0.2, 0) is 9.59 Å². The van der Waals surface area contributed by atoms with E-state index in [0.29, 0.717) is 29.9 Å². The first-order valence-corrected chi connectivity index (χ1v) is 6.46. The van der Waals surface area contributed by atoms with Gasteiger partial charge in [-0.25, -0.2) is 0 Å². The van der Waals surface area contributed by atoms with E-state index in [1.165, 1.54) is 0 Å². The fourth-order valence-corrected chi connectivity index (χ4v) is 2.80. The van der Waals surface area contributed by atoms with Crippen molar-refractivity contribution in [1.29, 1.82) is 0 Å². The summed E-state index contributed by atoms with van der Waals surface area (Å²) in [6, 6.07) is -0.395. The smallest absolute Gasteiger partial charge is 0.312 e. The maximum absolute atomic E-state index is 11.3. The molecule has 0 saturated heterocycles. The summed E-state index contributed by atoms with van der Waals surface area (Å²) in [7, 11) is 0. The van der Waals surface area contributed by atoms with Crippen LogP contribution in [0.2, 0.25) is 0 Å². The van der Waals surface area contributed by atoms with Crippen molar-refractivity contribution >= 4 is 17.7 Å². The second-order valence-electron chi connectivity index (χ2n) is 5.07. The van der Waals surface area contributed by atoms with Crippen molar-refractivity contribution in [2.24, 2.45) is 16.8 Å². The van der Waals surface area contributed by atoms with E-state index in [4.69, 9.17) is 0 Å². The Morgan fingerprint density at radius 2 is 1.90 bits per heavy atom.